The molecule has 0 aliphatic carbocycles. The topological polar surface area (TPSA) is 113 Å². The number of fused-ring (bicyclic) bond motifs is 10. The second-order valence-electron chi connectivity index (χ2n) is 32.0. The van der Waals surface area contributed by atoms with Gasteiger partial charge in [-0.25, -0.2) is 9.97 Å². The van der Waals surface area contributed by atoms with Crippen molar-refractivity contribution in [3.63, 3.8) is 0 Å². The molecule has 0 saturated heterocycles. The van der Waals surface area contributed by atoms with E-state index >= 15 is 0 Å². The van der Waals surface area contributed by atoms with Crippen LogP contribution in [0.4, 0.5) is 8.78 Å². The number of hydrogen-bond donors (Lipinski definition) is 0. The van der Waals surface area contributed by atoms with Gasteiger partial charge in [-0.05, 0) is 136 Å². The zero-order chi connectivity index (χ0) is 88.5. The molecule has 0 aliphatic heterocycles. The Morgan fingerprint density at radius 2 is 1.00 bits per heavy atom. The van der Waals surface area contributed by atoms with Gasteiger partial charge in [0, 0.05) is 116 Å². The fourth-order valence-electron chi connectivity index (χ4n) is 15.0. The van der Waals surface area contributed by atoms with Crippen LogP contribution < -0.4 is 10.4 Å². The molecule has 20 aromatic rings. The normalized spacial score (nSPS) is 13.1. The van der Waals surface area contributed by atoms with Gasteiger partial charge in [0.1, 0.15) is 0 Å². The van der Waals surface area contributed by atoms with Crippen LogP contribution in [0.15, 0.2) is 300 Å². The van der Waals surface area contributed by atoms with E-state index in [2.05, 4.69) is 205 Å². The number of halogens is 2. The van der Waals surface area contributed by atoms with Gasteiger partial charge in [0.2, 0.25) is 11.4 Å². The number of para-hydroxylation sites is 5. The SMILES string of the molecule is [2H]C([2H])([2H])c1cc(-c2[c-]cc(F)c(-c3ccccc3)c2)ncc1[Si](C)(C)C.[2H]C([2H])([2H])c1cc(-c2[c-]cc(F)cc2)ncc1[Si](C)(C)C.[2H]C([2H])([2H])c1ccc(-c2ccnc3oc4c(-c5nc6ccccc6n5-c5ccc(C(C)(C)C)cc5)[c-]ccc4c23)cc1.[Ir].[Ir].[c-]1ccc2c(oc3nc4ccccc4cc32)c1-c1nc2ccccc2n1-c1cccc2ccccc12. The van der Waals surface area contributed by atoms with Crippen molar-refractivity contribution in [2.24, 2.45) is 0 Å². The monoisotopic (exact) mass is 1950 g/mol. The summed E-state index contributed by atoms with van der Waals surface area (Å²) in [5.74, 6) is 0.767. The number of imidazole rings is 2. The van der Waals surface area contributed by atoms with Crippen molar-refractivity contribution in [2.45, 2.75) is 86.0 Å². The van der Waals surface area contributed by atoms with Crippen molar-refractivity contribution in [2.75, 3.05) is 0 Å². The van der Waals surface area contributed by atoms with Gasteiger partial charge >= 0.3 is 0 Å². The van der Waals surface area contributed by atoms with Gasteiger partial charge in [-0.1, -0.05) is 262 Å². The first kappa shape index (κ1) is 71.0. The Kier molecular flexibility index (Phi) is 20.1. The summed E-state index contributed by atoms with van der Waals surface area (Å²) in [6, 6.07) is 98.8. The predicted molar refractivity (Wildman–Crippen MR) is 483 cm³/mol. The Labute approximate surface area is 733 Å². The Hall–Kier alpha value is -12.1. The summed E-state index contributed by atoms with van der Waals surface area (Å²) in [4.78, 5) is 28.4. The van der Waals surface area contributed by atoms with E-state index in [9.17, 15) is 8.78 Å². The van der Waals surface area contributed by atoms with E-state index in [4.69, 9.17) is 36.1 Å². The van der Waals surface area contributed by atoms with E-state index < -0.39 is 36.7 Å². The molecule has 12 aromatic carbocycles. The number of benzene rings is 12. The molecule has 16 heteroatoms. The average molecular weight is 1950 g/mol. The standard InChI is InChI=1S/C35H28N3O.C32H18N3O.C21H21FNSi.C15H17FNSi.2Ir/c1-22-12-14-23(15-13-22)26-20-21-36-34-31(26)27-8-7-9-28(32(27)39-34)33-37-29-10-5-6-11-30(29)38(33)25-18-16-24(17-19-25)35(2,3)4;1-3-12-22-20(9-1)11-7-18-28(22)35-29-17-6-5-16-27(29)33-31(35)24-14-8-13-23-25-19-21-10-2-4-15-26(21)34-32(25)36-30(23)24;1-15-12-20(23-14-21(15)24(2,3)4)17-10-11-19(22)18(13-17)16-8-6-5-7-9-16;1-11-9-14(12-5-7-13(16)8-6-12)17-10-15(11)18(2,3)4;;/h5-8,10-21H,1-4H3;1-13,15-19H;5-9,11-14H,1-4H3;5,7-10H,1-4H3;;/q4*-1;;/i1D3;;2*1D3;;. The molecule has 2 radical (unpaired) electrons. The fourth-order valence-corrected chi connectivity index (χ4v) is 17.7. The van der Waals surface area contributed by atoms with Crippen LogP contribution in [-0.2, 0) is 45.6 Å². The van der Waals surface area contributed by atoms with Gasteiger partial charge in [0.15, 0.2) is 0 Å². The first-order chi connectivity index (χ1) is 60.1. The quantitative estimate of drug-likeness (QED) is 0.0983. The molecule has 8 heterocycles. The largest absolute Gasteiger partial charge is 0.486 e. The molecule has 119 heavy (non-hydrogen) atoms. The van der Waals surface area contributed by atoms with Crippen LogP contribution in [-0.4, -0.2) is 55.2 Å². The molecule has 0 spiro atoms. The van der Waals surface area contributed by atoms with E-state index in [0.717, 1.165) is 127 Å². The summed E-state index contributed by atoms with van der Waals surface area (Å²) in [6.07, 6.45) is 5.04. The van der Waals surface area contributed by atoms with Gasteiger partial charge in [-0.3, -0.25) is 18.7 Å². The third kappa shape index (κ3) is 16.5. The second kappa shape index (κ2) is 33.7. The van der Waals surface area contributed by atoms with Crippen molar-refractivity contribution in [3.8, 4) is 78.9 Å². The maximum atomic E-state index is 14.3. The smallest absolute Gasteiger partial charge is 0.216 e. The average Bonchev–Trinajstić information content (AvgIpc) is 1.58. The van der Waals surface area contributed by atoms with Crippen LogP contribution >= 0.6 is 0 Å². The minimum Gasteiger partial charge on any atom is -0.486 e. The Balaban J connectivity index is 0.000000135. The third-order valence-electron chi connectivity index (χ3n) is 21.0. The molecule has 10 nitrogen and oxygen atoms in total. The maximum absolute atomic E-state index is 14.3. The van der Waals surface area contributed by atoms with Crippen LogP contribution in [0.2, 0.25) is 39.3 Å². The molecule has 0 saturated carbocycles. The minimum absolute atomic E-state index is 0. The molecular weight excluding hydrogens is 1860 g/mol. The molecule has 0 aliphatic rings. The first-order valence-corrected chi connectivity index (χ1v) is 45.6. The number of furan rings is 2. The number of pyridine rings is 4. The van der Waals surface area contributed by atoms with Crippen LogP contribution in [0.3, 0.4) is 0 Å². The van der Waals surface area contributed by atoms with Crippen molar-refractivity contribution >= 4 is 114 Å². The van der Waals surface area contributed by atoms with Gasteiger partial charge in [-0.15, -0.1) is 90.0 Å². The van der Waals surface area contributed by atoms with E-state index in [1.54, 1.807) is 55.0 Å². The van der Waals surface area contributed by atoms with E-state index in [0.29, 0.717) is 61.8 Å². The van der Waals surface area contributed by atoms with E-state index in [-0.39, 0.29) is 57.3 Å². The molecule has 0 unspecified atom stereocenters. The van der Waals surface area contributed by atoms with Gasteiger partial charge in [0.25, 0.3) is 0 Å². The van der Waals surface area contributed by atoms with Crippen molar-refractivity contribution in [3.05, 3.63) is 350 Å². The molecule has 8 aromatic heterocycles. The summed E-state index contributed by atoms with van der Waals surface area (Å²) in [7, 11) is -3.69. The van der Waals surface area contributed by atoms with E-state index in [1.165, 1.54) is 29.1 Å². The maximum Gasteiger partial charge on any atom is 0.216 e. The summed E-state index contributed by atoms with van der Waals surface area (Å²) in [5, 5.41) is 8.83. The van der Waals surface area contributed by atoms with E-state index in [1.807, 2.05) is 121 Å². The Morgan fingerprint density at radius 3 is 1.64 bits per heavy atom. The zero-order valence-electron chi connectivity index (χ0n) is 75.5. The second-order valence-corrected chi connectivity index (χ2v) is 42.1. The molecule has 20 rings (SSSR count). The van der Waals surface area contributed by atoms with Crippen molar-refractivity contribution < 1.29 is 70.2 Å². The Bertz CT molecular complexity index is 7530. The molecule has 0 bridgehead atoms. The predicted octanol–water partition coefficient (Wildman–Crippen LogP) is 25.9. The van der Waals surface area contributed by atoms with Crippen LogP contribution in [0.25, 0.3) is 167 Å². The van der Waals surface area contributed by atoms with Gasteiger partial charge in [0.05, 0.1) is 66.5 Å². The number of aryl methyl sites for hydroxylation is 3. The summed E-state index contributed by atoms with van der Waals surface area (Å²) in [6.45, 7) is 12.6. The number of nitrogens with zero attached hydrogens (tertiary/aromatic N) is 8. The summed E-state index contributed by atoms with van der Waals surface area (Å²) >= 11 is 0. The van der Waals surface area contributed by atoms with Crippen molar-refractivity contribution in [1.29, 1.82) is 0 Å². The van der Waals surface area contributed by atoms with Crippen LogP contribution in [0.5, 0.6) is 0 Å². The molecular formula is C103H84F2Ir2N8O2Si2-4. The summed E-state index contributed by atoms with van der Waals surface area (Å²) < 4.78 is 115. The molecule has 0 atom stereocenters. The third-order valence-corrected chi connectivity index (χ3v) is 25.0. The zero-order valence-corrected chi connectivity index (χ0v) is 73.3. The fraction of sp³-hybridized carbons (Fsp3) is 0.126. The molecule has 0 fully saturated rings. The van der Waals surface area contributed by atoms with Crippen LogP contribution in [0.1, 0.15) is 55.4 Å². The molecule has 592 valence electrons. The number of hydrogen-bond acceptors (Lipinski definition) is 8. The molecule has 0 amide bonds. The molecule has 0 N–H and O–H groups in total. The number of rotatable bonds is 10. The van der Waals surface area contributed by atoms with Crippen LogP contribution in [0, 0.1) is 56.5 Å². The van der Waals surface area contributed by atoms with Gasteiger partial charge < -0.3 is 27.9 Å². The van der Waals surface area contributed by atoms with Gasteiger partial charge in [-0.2, -0.15) is 0 Å². The first-order valence-electron chi connectivity index (χ1n) is 43.1. The number of aromatic nitrogens is 8. The Morgan fingerprint density at radius 1 is 0.437 bits per heavy atom. The minimum atomic E-state index is -2.23. The van der Waals surface area contributed by atoms with Crippen molar-refractivity contribution in [1.82, 2.24) is 39.0 Å². The summed E-state index contributed by atoms with van der Waals surface area (Å²) in [5.41, 5.74) is 18.3.